The van der Waals surface area contributed by atoms with Gasteiger partial charge in [0.15, 0.2) is 5.11 Å². The van der Waals surface area contributed by atoms with Crippen LogP contribution in [-0.2, 0) is 11.3 Å². The fraction of sp³-hybridized carbons (Fsp3) is 0.429. The molecule has 1 aromatic heterocycles. The van der Waals surface area contributed by atoms with E-state index in [1.165, 1.54) is 18.2 Å². The van der Waals surface area contributed by atoms with E-state index in [2.05, 4.69) is 46.3 Å². The zero-order valence-electron chi connectivity index (χ0n) is 16.9. The van der Waals surface area contributed by atoms with E-state index in [1.54, 1.807) is 11.3 Å². The quantitative estimate of drug-likeness (QED) is 0.600. The molecule has 3 rings (SSSR count). The molecule has 1 N–H and O–H groups in total. The van der Waals surface area contributed by atoms with Crippen LogP contribution in [0.2, 0.25) is 0 Å². The first-order valence-electron chi connectivity index (χ1n) is 9.41. The molecule has 0 amide bonds. The monoisotopic (exact) mass is 417 g/mol. The van der Waals surface area contributed by atoms with Gasteiger partial charge in [-0.25, -0.2) is 4.79 Å². The van der Waals surface area contributed by atoms with Gasteiger partial charge in [-0.15, -0.1) is 11.3 Å². The number of esters is 1. The van der Waals surface area contributed by atoms with Crippen molar-refractivity contribution in [2.24, 2.45) is 0 Å². The van der Waals surface area contributed by atoms with E-state index in [4.69, 9.17) is 17.0 Å². The molecule has 1 saturated heterocycles. The van der Waals surface area contributed by atoms with Crippen molar-refractivity contribution in [3.8, 4) is 0 Å². The molecule has 1 aliphatic heterocycles. The van der Waals surface area contributed by atoms with E-state index < -0.39 is 0 Å². The summed E-state index contributed by atoms with van der Waals surface area (Å²) in [5.74, 6) is -0.324. The second kappa shape index (κ2) is 9.03. The summed E-state index contributed by atoms with van der Waals surface area (Å²) in [6.07, 6.45) is 0. The summed E-state index contributed by atoms with van der Waals surface area (Å²) < 4.78 is 4.94. The van der Waals surface area contributed by atoms with E-state index in [9.17, 15) is 4.79 Å². The molecule has 0 saturated carbocycles. The first-order valence-corrected chi connectivity index (χ1v) is 10.6. The Labute approximate surface area is 176 Å². The van der Waals surface area contributed by atoms with Crippen molar-refractivity contribution in [3.05, 3.63) is 51.4 Å². The minimum absolute atomic E-state index is 0.324. The van der Waals surface area contributed by atoms with Gasteiger partial charge in [0.25, 0.3) is 0 Å². The maximum Gasteiger partial charge on any atom is 0.341 e. The summed E-state index contributed by atoms with van der Waals surface area (Å²) >= 11 is 7.18. The number of hydrogen-bond acceptors (Lipinski definition) is 5. The first kappa shape index (κ1) is 20.8. The van der Waals surface area contributed by atoms with Gasteiger partial charge >= 0.3 is 5.97 Å². The normalized spacial score (nSPS) is 14.8. The SMILES string of the molecule is COC(=O)c1c(NC(=S)N2CCN(Cc3ccccc3C)CC2)sc(C)c1C. The third-order valence-corrected chi connectivity index (χ3v) is 6.79. The number of rotatable bonds is 4. The maximum absolute atomic E-state index is 12.2. The second-order valence-electron chi connectivity index (χ2n) is 7.10. The van der Waals surface area contributed by atoms with Crippen LogP contribution in [0.4, 0.5) is 5.00 Å². The molecule has 0 atom stereocenters. The van der Waals surface area contributed by atoms with Gasteiger partial charge < -0.3 is 15.0 Å². The van der Waals surface area contributed by atoms with Crippen molar-refractivity contribution in [2.75, 3.05) is 38.6 Å². The van der Waals surface area contributed by atoms with Crippen LogP contribution < -0.4 is 5.32 Å². The Hall–Kier alpha value is -1.96. The number of methoxy groups -OCH3 is 1. The number of aryl methyl sites for hydroxylation is 2. The summed E-state index contributed by atoms with van der Waals surface area (Å²) in [6, 6.07) is 8.54. The molecule has 0 bridgehead atoms. The lowest BCUT2D eigenvalue weighted by atomic mass is 10.1. The number of thiophene rings is 1. The topological polar surface area (TPSA) is 44.8 Å². The smallest absolute Gasteiger partial charge is 0.341 e. The summed E-state index contributed by atoms with van der Waals surface area (Å²) in [5, 5.41) is 4.73. The fourth-order valence-corrected chi connectivity index (χ4v) is 4.77. The standard InChI is InChI=1S/C21H27N3O2S2/c1-14-7-5-6-8-17(14)13-23-9-11-24(12-10-23)21(27)22-19-18(20(25)26-4)15(2)16(3)28-19/h5-8H,9-13H2,1-4H3,(H,22,27). The molecule has 150 valence electrons. The molecular formula is C21H27N3O2S2. The van der Waals surface area contributed by atoms with E-state index >= 15 is 0 Å². The van der Waals surface area contributed by atoms with Crippen molar-refractivity contribution in [3.63, 3.8) is 0 Å². The summed E-state index contributed by atoms with van der Waals surface area (Å²) in [5.41, 5.74) is 4.25. The highest BCUT2D eigenvalue weighted by Gasteiger charge is 2.24. The van der Waals surface area contributed by atoms with Crippen LogP contribution in [0.15, 0.2) is 24.3 Å². The van der Waals surface area contributed by atoms with Crippen LogP contribution in [0.5, 0.6) is 0 Å². The summed E-state index contributed by atoms with van der Waals surface area (Å²) in [6.45, 7) is 10.7. The highest BCUT2D eigenvalue weighted by molar-refractivity contribution is 7.80. The van der Waals surface area contributed by atoms with E-state index in [0.717, 1.165) is 48.2 Å². The molecule has 28 heavy (non-hydrogen) atoms. The van der Waals surface area contributed by atoms with Crippen molar-refractivity contribution < 1.29 is 9.53 Å². The zero-order valence-corrected chi connectivity index (χ0v) is 18.5. The largest absolute Gasteiger partial charge is 0.465 e. The van der Waals surface area contributed by atoms with E-state index in [0.29, 0.717) is 10.7 Å². The number of thiocarbonyl (C=S) groups is 1. The summed E-state index contributed by atoms with van der Waals surface area (Å²) in [7, 11) is 1.41. The van der Waals surface area contributed by atoms with Crippen molar-refractivity contribution >= 4 is 39.6 Å². The van der Waals surface area contributed by atoms with Gasteiger partial charge in [-0.05, 0) is 49.7 Å². The van der Waals surface area contributed by atoms with Gasteiger partial charge in [-0.2, -0.15) is 0 Å². The lowest BCUT2D eigenvalue weighted by Crippen LogP contribution is -2.49. The lowest BCUT2D eigenvalue weighted by Gasteiger charge is -2.36. The zero-order chi connectivity index (χ0) is 20.3. The maximum atomic E-state index is 12.2. The molecule has 0 aliphatic carbocycles. The number of carbonyl (C=O) groups excluding carboxylic acids is 1. The summed E-state index contributed by atoms with van der Waals surface area (Å²) in [4.78, 5) is 17.9. The second-order valence-corrected chi connectivity index (χ2v) is 8.71. The predicted octanol–water partition coefficient (Wildman–Crippen LogP) is 3.97. The van der Waals surface area contributed by atoms with Gasteiger partial charge in [0.05, 0.1) is 12.7 Å². The minimum atomic E-state index is -0.324. The van der Waals surface area contributed by atoms with Gasteiger partial charge in [-0.1, -0.05) is 24.3 Å². The average Bonchev–Trinajstić information content (AvgIpc) is 2.97. The Morgan fingerprint density at radius 1 is 1.18 bits per heavy atom. The third-order valence-electron chi connectivity index (χ3n) is 5.31. The highest BCUT2D eigenvalue weighted by atomic mass is 32.1. The van der Waals surface area contributed by atoms with Crippen molar-refractivity contribution in [1.82, 2.24) is 9.80 Å². The van der Waals surface area contributed by atoms with Crippen LogP contribution in [0.25, 0.3) is 0 Å². The molecule has 0 unspecified atom stereocenters. The molecule has 1 aromatic carbocycles. The first-order chi connectivity index (χ1) is 13.4. The van der Waals surface area contributed by atoms with Gasteiger partial charge in [0.2, 0.25) is 0 Å². The van der Waals surface area contributed by atoms with Crippen LogP contribution >= 0.6 is 23.6 Å². The number of anilines is 1. The predicted molar refractivity (Wildman–Crippen MR) is 119 cm³/mol. The van der Waals surface area contributed by atoms with Gasteiger partial charge in [-0.3, -0.25) is 4.90 Å². The number of hydrogen-bond donors (Lipinski definition) is 1. The molecule has 2 heterocycles. The molecule has 1 aliphatic rings. The Balaban J connectivity index is 1.60. The molecule has 1 fully saturated rings. The fourth-order valence-electron chi connectivity index (χ4n) is 3.38. The van der Waals surface area contributed by atoms with Crippen LogP contribution in [0.3, 0.4) is 0 Å². The molecular weight excluding hydrogens is 390 g/mol. The molecule has 0 spiro atoms. The lowest BCUT2D eigenvalue weighted by molar-refractivity contribution is 0.0601. The Morgan fingerprint density at radius 2 is 1.86 bits per heavy atom. The van der Waals surface area contributed by atoms with Crippen LogP contribution in [-0.4, -0.2) is 54.2 Å². The molecule has 2 aromatic rings. The van der Waals surface area contributed by atoms with Gasteiger partial charge in [0, 0.05) is 37.6 Å². The number of nitrogens with zero attached hydrogens (tertiary/aromatic N) is 2. The number of piperazine rings is 1. The Bertz CT molecular complexity index is 871. The average molecular weight is 418 g/mol. The van der Waals surface area contributed by atoms with E-state index in [-0.39, 0.29) is 5.97 Å². The number of ether oxygens (including phenoxy) is 1. The number of nitrogens with one attached hydrogen (secondary N) is 1. The molecule has 7 heteroatoms. The Kier molecular flexibility index (Phi) is 6.69. The van der Waals surface area contributed by atoms with E-state index in [1.807, 2.05) is 13.8 Å². The molecule has 0 radical (unpaired) electrons. The van der Waals surface area contributed by atoms with Crippen molar-refractivity contribution in [2.45, 2.75) is 27.3 Å². The number of carbonyl (C=O) groups is 1. The minimum Gasteiger partial charge on any atom is -0.465 e. The highest BCUT2D eigenvalue weighted by Crippen LogP contribution is 2.33. The number of benzene rings is 1. The third kappa shape index (κ3) is 4.54. The molecule has 5 nitrogen and oxygen atoms in total. The van der Waals surface area contributed by atoms with Crippen LogP contribution in [0, 0.1) is 20.8 Å². The van der Waals surface area contributed by atoms with Crippen molar-refractivity contribution in [1.29, 1.82) is 0 Å². The van der Waals surface area contributed by atoms with Crippen LogP contribution in [0.1, 0.15) is 31.9 Å². The Morgan fingerprint density at radius 3 is 2.50 bits per heavy atom. The van der Waals surface area contributed by atoms with Gasteiger partial charge in [0.1, 0.15) is 5.00 Å².